The first-order chi connectivity index (χ1) is 10.2. The van der Waals surface area contributed by atoms with Crippen molar-refractivity contribution in [2.75, 3.05) is 13.1 Å². The minimum Gasteiger partial charge on any atom is -0.308 e. The van der Waals surface area contributed by atoms with Crippen molar-refractivity contribution in [3.8, 4) is 0 Å². The van der Waals surface area contributed by atoms with E-state index in [2.05, 4.69) is 41.2 Å². The normalized spacial score (nSPS) is 24.5. The van der Waals surface area contributed by atoms with Crippen LogP contribution in [0.15, 0.2) is 24.5 Å². The largest absolute Gasteiger partial charge is 0.308 e. The van der Waals surface area contributed by atoms with Gasteiger partial charge in [0.15, 0.2) is 0 Å². The zero-order chi connectivity index (χ0) is 14.8. The molecule has 0 radical (unpaired) electrons. The van der Waals surface area contributed by atoms with E-state index in [1.165, 1.54) is 50.6 Å². The summed E-state index contributed by atoms with van der Waals surface area (Å²) in [5.74, 6) is 0. The predicted molar refractivity (Wildman–Crippen MR) is 87.2 cm³/mol. The smallest absolute Gasteiger partial charge is 0.0333 e. The molecule has 116 valence electrons. The molecular formula is C18H29N3. The molecule has 0 amide bonds. The van der Waals surface area contributed by atoms with Crippen molar-refractivity contribution in [1.29, 1.82) is 0 Å². The van der Waals surface area contributed by atoms with Crippen LogP contribution < -0.4 is 5.32 Å². The molecule has 1 aromatic heterocycles. The van der Waals surface area contributed by atoms with Crippen molar-refractivity contribution in [3.63, 3.8) is 0 Å². The monoisotopic (exact) mass is 287 g/mol. The molecular weight excluding hydrogens is 258 g/mol. The number of aromatic nitrogens is 1. The van der Waals surface area contributed by atoms with E-state index in [-0.39, 0.29) is 0 Å². The van der Waals surface area contributed by atoms with Crippen LogP contribution >= 0.6 is 0 Å². The third-order valence-corrected chi connectivity index (χ3v) is 5.96. The number of nitrogens with one attached hydrogen (secondary N) is 1. The van der Waals surface area contributed by atoms with Crippen LogP contribution in [0, 0.1) is 0 Å². The molecule has 3 nitrogen and oxygen atoms in total. The Balaban J connectivity index is 1.82. The molecule has 1 saturated heterocycles. The molecule has 2 aliphatic rings. The van der Waals surface area contributed by atoms with E-state index in [0.29, 0.717) is 11.1 Å². The van der Waals surface area contributed by atoms with E-state index >= 15 is 0 Å². The maximum absolute atomic E-state index is 4.16. The Hall–Kier alpha value is -0.930. The number of nitrogens with zero attached hydrogens (tertiary/aromatic N) is 2. The molecule has 0 unspecified atom stereocenters. The lowest BCUT2D eigenvalue weighted by atomic mass is 9.82. The van der Waals surface area contributed by atoms with Crippen molar-refractivity contribution in [2.24, 2.45) is 0 Å². The molecule has 3 rings (SSSR count). The number of rotatable bonds is 4. The van der Waals surface area contributed by atoms with Crippen LogP contribution in [-0.2, 0) is 6.54 Å². The van der Waals surface area contributed by atoms with Crippen LogP contribution in [0.5, 0.6) is 0 Å². The second-order valence-corrected chi connectivity index (χ2v) is 6.98. The first-order valence-electron chi connectivity index (χ1n) is 8.61. The molecule has 1 spiro atoms. The highest BCUT2D eigenvalue weighted by molar-refractivity contribution is 5.13. The average molecular weight is 287 g/mol. The van der Waals surface area contributed by atoms with Gasteiger partial charge in [-0.25, -0.2) is 0 Å². The van der Waals surface area contributed by atoms with Gasteiger partial charge >= 0.3 is 0 Å². The summed E-state index contributed by atoms with van der Waals surface area (Å²) in [5, 5.41) is 3.95. The van der Waals surface area contributed by atoms with Gasteiger partial charge in [0.25, 0.3) is 0 Å². The maximum atomic E-state index is 4.16. The van der Waals surface area contributed by atoms with Gasteiger partial charge in [0.1, 0.15) is 0 Å². The van der Waals surface area contributed by atoms with Crippen molar-refractivity contribution in [2.45, 2.75) is 70.0 Å². The lowest BCUT2D eigenvalue weighted by Gasteiger charge is -2.54. The molecule has 1 aliphatic carbocycles. The van der Waals surface area contributed by atoms with Crippen LogP contribution in [0.3, 0.4) is 0 Å². The molecule has 0 atom stereocenters. The Morgan fingerprint density at radius 1 is 1.14 bits per heavy atom. The number of pyridine rings is 1. The van der Waals surface area contributed by atoms with E-state index < -0.39 is 0 Å². The summed E-state index contributed by atoms with van der Waals surface area (Å²) in [4.78, 5) is 6.92. The Morgan fingerprint density at radius 3 is 2.43 bits per heavy atom. The highest BCUT2D eigenvalue weighted by Gasteiger charge is 2.46. The standard InChI is InChI=1S/C18H29N3/c1-3-18(4-2)14-20-17(9-5-6-10-17)15-21(18)13-16-7-11-19-12-8-16/h7-8,11-12,20H,3-6,9-10,13-15H2,1-2H3. The SMILES string of the molecule is CCC1(CC)CNC2(CCCC2)CN1Cc1ccncc1. The lowest BCUT2D eigenvalue weighted by molar-refractivity contribution is -0.00651. The zero-order valence-corrected chi connectivity index (χ0v) is 13.6. The predicted octanol–water partition coefficient (Wildman–Crippen LogP) is 3.36. The molecule has 2 fully saturated rings. The lowest BCUT2D eigenvalue weighted by Crippen LogP contribution is -2.68. The summed E-state index contributed by atoms with van der Waals surface area (Å²) in [7, 11) is 0. The van der Waals surface area contributed by atoms with Gasteiger partial charge in [-0.2, -0.15) is 0 Å². The molecule has 3 heteroatoms. The molecule has 1 aromatic rings. The summed E-state index contributed by atoms with van der Waals surface area (Å²) in [5.41, 5.74) is 2.10. The first-order valence-corrected chi connectivity index (χ1v) is 8.61. The summed E-state index contributed by atoms with van der Waals surface area (Å²) in [6.07, 6.45) is 11.8. The van der Waals surface area contributed by atoms with Gasteiger partial charge in [-0.05, 0) is 43.4 Å². The Bertz CT molecular complexity index is 447. The molecule has 1 saturated carbocycles. The molecule has 2 heterocycles. The zero-order valence-electron chi connectivity index (χ0n) is 13.6. The summed E-state index contributed by atoms with van der Waals surface area (Å²) >= 11 is 0. The molecule has 1 N–H and O–H groups in total. The highest BCUT2D eigenvalue weighted by Crippen LogP contribution is 2.38. The third-order valence-electron chi connectivity index (χ3n) is 5.96. The van der Waals surface area contributed by atoms with E-state index in [1.807, 2.05) is 12.4 Å². The Kier molecular flexibility index (Phi) is 4.32. The first kappa shape index (κ1) is 15.0. The molecule has 21 heavy (non-hydrogen) atoms. The van der Waals surface area contributed by atoms with Crippen molar-refractivity contribution in [1.82, 2.24) is 15.2 Å². The Labute approximate surface area is 129 Å². The van der Waals surface area contributed by atoms with Gasteiger partial charge in [-0.1, -0.05) is 26.7 Å². The van der Waals surface area contributed by atoms with E-state index in [1.54, 1.807) is 0 Å². The van der Waals surface area contributed by atoms with E-state index in [9.17, 15) is 0 Å². The van der Waals surface area contributed by atoms with E-state index in [0.717, 1.165) is 13.1 Å². The van der Waals surface area contributed by atoms with E-state index in [4.69, 9.17) is 0 Å². The van der Waals surface area contributed by atoms with Crippen LogP contribution in [0.25, 0.3) is 0 Å². The van der Waals surface area contributed by atoms with Crippen LogP contribution in [0.4, 0.5) is 0 Å². The maximum Gasteiger partial charge on any atom is 0.0333 e. The fraction of sp³-hybridized carbons (Fsp3) is 0.722. The van der Waals surface area contributed by atoms with Gasteiger partial charge < -0.3 is 5.32 Å². The highest BCUT2D eigenvalue weighted by atomic mass is 15.3. The summed E-state index contributed by atoms with van der Waals surface area (Å²) in [6.45, 7) is 8.10. The average Bonchev–Trinajstić information content (AvgIpc) is 2.98. The Morgan fingerprint density at radius 2 is 1.81 bits per heavy atom. The summed E-state index contributed by atoms with van der Waals surface area (Å²) < 4.78 is 0. The second kappa shape index (κ2) is 6.05. The van der Waals surface area contributed by atoms with Gasteiger partial charge in [0.05, 0.1) is 0 Å². The van der Waals surface area contributed by atoms with Gasteiger partial charge in [-0.3, -0.25) is 9.88 Å². The molecule has 0 aromatic carbocycles. The van der Waals surface area contributed by atoms with Crippen molar-refractivity contribution >= 4 is 0 Å². The fourth-order valence-corrected chi connectivity index (χ4v) is 4.32. The molecule has 0 bridgehead atoms. The quantitative estimate of drug-likeness (QED) is 0.920. The summed E-state index contributed by atoms with van der Waals surface area (Å²) in [6, 6.07) is 4.33. The van der Waals surface area contributed by atoms with Gasteiger partial charge in [0, 0.05) is 43.1 Å². The van der Waals surface area contributed by atoms with Crippen LogP contribution in [0.2, 0.25) is 0 Å². The van der Waals surface area contributed by atoms with Crippen LogP contribution in [0.1, 0.15) is 57.9 Å². The molecule has 1 aliphatic heterocycles. The van der Waals surface area contributed by atoms with Crippen molar-refractivity contribution in [3.05, 3.63) is 30.1 Å². The van der Waals surface area contributed by atoms with Crippen molar-refractivity contribution < 1.29 is 0 Å². The van der Waals surface area contributed by atoms with Gasteiger partial charge in [0.2, 0.25) is 0 Å². The topological polar surface area (TPSA) is 28.2 Å². The fourth-order valence-electron chi connectivity index (χ4n) is 4.32. The van der Waals surface area contributed by atoms with Crippen LogP contribution in [-0.4, -0.2) is 34.1 Å². The minimum absolute atomic E-state index is 0.317. The van der Waals surface area contributed by atoms with Gasteiger partial charge in [-0.15, -0.1) is 0 Å². The third kappa shape index (κ3) is 2.86. The number of hydrogen-bond donors (Lipinski definition) is 1. The number of piperazine rings is 1. The number of hydrogen-bond acceptors (Lipinski definition) is 3. The second-order valence-electron chi connectivity index (χ2n) is 6.98. The minimum atomic E-state index is 0.317.